The van der Waals surface area contributed by atoms with Gasteiger partial charge >= 0.3 is 61.6 Å². The Morgan fingerprint density at radius 2 is 0.352 bits per heavy atom. The first kappa shape index (κ1) is 121. The average molecular weight is 1810 g/mol. The summed E-state index contributed by atoms with van der Waals surface area (Å²) in [6.45, 7) is 9.81. The van der Waals surface area contributed by atoms with Gasteiger partial charge in [-0.15, -0.1) is 0 Å². The van der Waals surface area contributed by atoms with Crippen LogP contribution >= 0.6 is 0 Å². The first-order valence-corrected chi connectivity index (χ1v) is 54.9. The Morgan fingerprint density at radius 1 is 0.216 bits per heavy atom. The number of ether oxygens (including phenoxy) is 4. The molecule has 0 heterocycles. The Kier molecular flexibility index (Phi) is 89.5. The largest absolute Gasteiger partial charge is 2.00 e. The molecule has 2 aromatic carbocycles. The van der Waals surface area contributed by atoms with E-state index >= 15 is 0 Å². The van der Waals surface area contributed by atoms with Gasteiger partial charge in [-0.2, -0.15) is 0 Å². The fourth-order valence-electron chi connectivity index (χ4n) is 16.0. The Bertz CT molecular complexity index is 2950. The van der Waals surface area contributed by atoms with Crippen LogP contribution in [0.15, 0.2) is 94.8 Å². The topological polar surface area (TPSA) is 220 Å². The Morgan fingerprint density at radius 3 is 0.504 bits per heavy atom. The van der Waals surface area contributed by atoms with Crippen LogP contribution < -0.4 is 0 Å². The maximum Gasteiger partial charge on any atom is 2.00 e. The molecule has 2 aromatic rings. The fraction of sp³-hybridized carbons (Fsp3) is 0.778. The average Bonchev–Trinajstić information content (AvgIpc) is 0.812. The molecule has 17 heteroatoms. The predicted molar refractivity (Wildman–Crippen MR) is 526 cm³/mol. The van der Waals surface area contributed by atoms with Crippen molar-refractivity contribution in [1.29, 1.82) is 0 Å². The molecule has 0 aliphatic rings. The number of carbonyl (C=O) groups is 4. The zero-order valence-corrected chi connectivity index (χ0v) is 84.7. The minimum absolute atomic E-state index is 0. The molecule has 716 valence electrons. The molecular formula is C108H186CaO14S2. The van der Waals surface area contributed by atoms with Crippen LogP contribution in [0.2, 0.25) is 0 Å². The normalized spacial score (nSPS) is 11.8. The summed E-state index contributed by atoms with van der Waals surface area (Å²) in [6, 6.07) is 6.31. The molecule has 0 spiro atoms. The van der Waals surface area contributed by atoms with E-state index in [1.165, 1.54) is 397 Å². The molecule has 0 aliphatic carbocycles. The second kappa shape index (κ2) is 92.2. The standard InChI is InChI=1S/2C54H94O7S.Ca/c2*1-3-5-7-9-11-13-15-17-19-21-23-25-27-29-31-33-35-37-39-41-43-47-60-53(55)51-46-45-50(62(57,58)59)49-52(51)54(56)61-48-44-42-40-38-36-34-32-30-28-26-24-22-20-18-16-14-12-10-8-6-4-2;/h2*21-24,45-46,49H,3-20,25-44,47-48H2,1-2H3,(H,57,58,59);/q;;+2/p-2/b2*23-21+,24-22+;. The third-order valence-electron chi connectivity index (χ3n) is 24.0. The van der Waals surface area contributed by atoms with Gasteiger partial charge in [0, 0.05) is 0 Å². The summed E-state index contributed by atoms with van der Waals surface area (Å²) in [5.74, 6) is -3.09. The maximum atomic E-state index is 13.0. The number of allylic oxidation sites excluding steroid dienone is 8. The molecule has 125 heavy (non-hydrogen) atoms. The van der Waals surface area contributed by atoms with E-state index in [0.717, 1.165) is 101 Å². The molecule has 0 N–H and O–H groups in total. The van der Waals surface area contributed by atoms with E-state index < -0.39 is 53.9 Å². The third-order valence-corrected chi connectivity index (χ3v) is 25.7. The van der Waals surface area contributed by atoms with Crippen molar-refractivity contribution in [2.45, 2.75) is 525 Å². The van der Waals surface area contributed by atoms with Gasteiger partial charge in [0.25, 0.3) is 0 Å². The van der Waals surface area contributed by atoms with Gasteiger partial charge in [0.15, 0.2) is 0 Å². The van der Waals surface area contributed by atoms with Crippen molar-refractivity contribution in [2.24, 2.45) is 0 Å². The molecule has 0 atom stereocenters. The van der Waals surface area contributed by atoms with Gasteiger partial charge in [-0.3, -0.25) is 0 Å². The monoisotopic (exact) mass is 1810 g/mol. The summed E-state index contributed by atoms with van der Waals surface area (Å²) in [6.07, 6.45) is 113. The van der Waals surface area contributed by atoms with Crippen LogP contribution in [0, 0.1) is 0 Å². The summed E-state index contributed by atoms with van der Waals surface area (Å²) < 4.78 is 92.0. The molecule has 0 aliphatic heterocycles. The quantitative estimate of drug-likeness (QED) is 0.0150. The van der Waals surface area contributed by atoms with E-state index in [4.69, 9.17) is 18.9 Å². The minimum Gasteiger partial charge on any atom is -0.744 e. The summed E-state index contributed by atoms with van der Waals surface area (Å²) >= 11 is 0. The molecule has 0 unspecified atom stereocenters. The molecule has 0 saturated heterocycles. The zero-order chi connectivity index (χ0) is 90.1. The van der Waals surface area contributed by atoms with Crippen molar-refractivity contribution in [1.82, 2.24) is 0 Å². The number of hydrogen-bond acceptors (Lipinski definition) is 14. The van der Waals surface area contributed by atoms with Gasteiger partial charge in [-0.25, -0.2) is 36.0 Å². The van der Waals surface area contributed by atoms with Gasteiger partial charge in [-0.05, 0) is 165 Å². The number of benzene rings is 2. The van der Waals surface area contributed by atoms with Crippen molar-refractivity contribution in [3.8, 4) is 0 Å². The third kappa shape index (κ3) is 78.7. The van der Waals surface area contributed by atoms with E-state index in [2.05, 4.69) is 76.3 Å². The van der Waals surface area contributed by atoms with E-state index in [1.54, 1.807) is 0 Å². The van der Waals surface area contributed by atoms with Crippen LogP contribution in [0.1, 0.15) is 557 Å². The van der Waals surface area contributed by atoms with Gasteiger partial charge in [-0.1, -0.05) is 436 Å². The summed E-state index contributed by atoms with van der Waals surface area (Å²) in [7, 11) is -9.64. The van der Waals surface area contributed by atoms with E-state index in [-0.39, 0.29) is 86.4 Å². The van der Waals surface area contributed by atoms with Crippen LogP contribution in [-0.2, 0) is 39.2 Å². The molecule has 0 fully saturated rings. The van der Waals surface area contributed by atoms with Crippen molar-refractivity contribution in [3.05, 3.63) is 107 Å². The van der Waals surface area contributed by atoms with Crippen LogP contribution in [-0.4, -0.2) is 114 Å². The number of unbranched alkanes of at least 4 members (excludes halogenated alkanes) is 68. The fourth-order valence-corrected chi connectivity index (χ4v) is 16.9. The summed E-state index contributed by atoms with van der Waals surface area (Å²) in [5, 5.41) is 0. The SMILES string of the molecule is CCCCCCCCCC/C=C/CCCCCCCCCCCOC(=O)c1ccc(S(=O)(=O)[O-])cc1C(=O)OCCCCCCCCCCC/C=C/CCCCCCCCCC.CCCCCCCCCC/C=C/CCCCCCCCCCCOC(=O)c1ccc(S(=O)(=O)[O-])cc1C(=O)OCCCCCCCCCCC/C=C/CCCCCCCCCC.[Ca+2]. The smallest absolute Gasteiger partial charge is 0.744 e. The Labute approximate surface area is 798 Å². The van der Waals surface area contributed by atoms with Crippen LogP contribution in [0.4, 0.5) is 0 Å². The second-order valence-corrected chi connectivity index (χ2v) is 38.4. The van der Waals surface area contributed by atoms with E-state index in [1.807, 2.05) is 0 Å². The first-order chi connectivity index (χ1) is 60.6. The van der Waals surface area contributed by atoms with Gasteiger partial charge in [0.1, 0.15) is 20.2 Å². The zero-order valence-electron chi connectivity index (χ0n) is 80.9. The molecule has 0 aromatic heterocycles. The molecule has 0 bridgehead atoms. The Hall–Kier alpha value is -3.64. The van der Waals surface area contributed by atoms with E-state index in [0.29, 0.717) is 25.7 Å². The van der Waals surface area contributed by atoms with Crippen molar-refractivity contribution < 1.29 is 64.1 Å². The number of hydrogen-bond donors (Lipinski definition) is 0. The van der Waals surface area contributed by atoms with Gasteiger partial charge in [0.05, 0.1) is 58.5 Å². The maximum absolute atomic E-state index is 13.0. The van der Waals surface area contributed by atoms with Crippen molar-refractivity contribution in [3.63, 3.8) is 0 Å². The predicted octanol–water partition coefficient (Wildman–Crippen LogP) is 33.4. The summed E-state index contributed by atoms with van der Waals surface area (Å²) in [4.78, 5) is 50.7. The second-order valence-electron chi connectivity index (χ2n) is 35.7. The van der Waals surface area contributed by atoms with E-state index in [9.17, 15) is 45.1 Å². The van der Waals surface area contributed by atoms with Crippen molar-refractivity contribution in [2.75, 3.05) is 26.4 Å². The summed E-state index contributed by atoms with van der Waals surface area (Å²) in [5.41, 5.74) is -0.672. The molecular weight excluding hydrogens is 1630 g/mol. The molecule has 0 saturated carbocycles. The first-order valence-electron chi connectivity index (χ1n) is 52.1. The van der Waals surface area contributed by atoms with Crippen LogP contribution in [0.3, 0.4) is 0 Å². The van der Waals surface area contributed by atoms with Crippen LogP contribution in [0.25, 0.3) is 0 Å². The van der Waals surface area contributed by atoms with Crippen LogP contribution in [0.5, 0.6) is 0 Å². The van der Waals surface area contributed by atoms with Gasteiger partial charge < -0.3 is 28.1 Å². The Balaban J connectivity index is 0.00000244. The molecule has 14 nitrogen and oxygen atoms in total. The molecule has 0 radical (unpaired) electrons. The minimum atomic E-state index is -4.82. The molecule has 0 amide bonds. The number of rotatable bonds is 90. The molecule has 2 rings (SSSR count). The van der Waals surface area contributed by atoms with Gasteiger partial charge in [0.2, 0.25) is 0 Å². The number of esters is 4. The number of carbonyl (C=O) groups excluding carboxylic acids is 4. The van der Waals surface area contributed by atoms with Crippen molar-refractivity contribution >= 4 is 81.9 Å².